The van der Waals surface area contributed by atoms with Gasteiger partial charge >= 0.3 is 11.9 Å². The first-order chi connectivity index (χ1) is 10.5. The van der Waals surface area contributed by atoms with Crippen LogP contribution in [0, 0.1) is 0 Å². The van der Waals surface area contributed by atoms with Crippen molar-refractivity contribution in [1.82, 2.24) is 30.0 Å². The third-order valence-electron chi connectivity index (χ3n) is 3.52. The molecule has 3 heterocycles. The second-order valence-corrected chi connectivity index (χ2v) is 4.98. The molecule has 1 aliphatic heterocycles. The molecule has 3 rings (SSSR count). The van der Waals surface area contributed by atoms with E-state index in [2.05, 4.69) is 15.5 Å². The summed E-state index contributed by atoms with van der Waals surface area (Å²) in [5.74, 6) is 0. The quantitative estimate of drug-likeness (QED) is 0.894. The van der Waals surface area contributed by atoms with Gasteiger partial charge in [-0.15, -0.1) is 0 Å². The molecule has 11 heteroatoms. The van der Waals surface area contributed by atoms with E-state index in [1.165, 1.54) is 4.68 Å². The number of rotatable bonds is 3. The predicted molar refractivity (Wildman–Crippen MR) is 66.1 cm³/mol. The number of ether oxygens (including phenoxy) is 1. The van der Waals surface area contributed by atoms with Crippen LogP contribution in [-0.2, 0) is 17.5 Å². The average Bonchev–Trinajstić information content (AvgIpc) is 3.08. The van der Waals surface area contributed by atoms with Crippen molar-refractivity contribution < 1.29 is 17.9 Å². The largest absolute Gasteiger partial charge is 0.433 e. The Labute approximate surface area is 121 Å². The van der Waals surface area contributed by atoms with Crippen LogP contribution in [0.1, 0.15) is 30.1 Å². The molecule has 0 bridgehead atoms. The number of halogens is 3. The van der Waals surface area contributed by atoms with Gasteiger partial charge in [-0.05, 0) is 23.3 Å². The van der Waals surface area contributed by atoms with E-state index in [9.17, 15) is 18.0 Å². The second kappa shape index (κ2) is 5.55. The molecule has 1 saturated heterocycles. The maximum atomic E-state index is 12.8. The summed E-state index contributed by atoms with van der Waals surface area (Å²) >= 11 is 0. The van der Waals surface area contributed by atoms with Gasteiger partial charge in [-0.3, -0.25) is 5.10 Å². The minimum Gasteiger partial charge on any atom is -0.381 e. The highest BCUT2D eigenvalue weighted by Gasteiger charge is 2.35. The SMILES string of the molecule is O=c1n(Cc2cn[nH]c2C(F)(F)F)nnn1C1CCOCC1. The third kappa shape index (κ3) is 2.75. The van der Waals surface area contributed by atoms with Crippen molar-refractivity contribution in [1.29, 1.82) is 0 Å². The van der Waals surface area contributed by atoms with Crippen molar-refractivity contribution in [2.24, 2.45) is 0 Å². The minimum atomic E-state index is -4.56. The summed E-state index contributed by atoms with van der Waals surface area (Å²) in [5, 5.41) is 12.7. The van der Waals surface area contributed by atoms with Crippen LogP contribution in [0.3, 0.4) is 0 Å². The molecule has 0 atom stereocenters. The molecule has 0 unspecified atom stereocenters. The third-order valence-corrected chi connectivity index (χ3v) is 3.52. The van der Waals surface area contributed by atoms with Crippen LogP contribution in [0.5, 0.6) is 0 Å². The minimum absolute atomic E-state index is 0.138. The number of hydrogen-bond acceptors (Lipinski definition) is 5. The molecule has 0 radical (unpaired) electrons. The van der Waals surface area contributed by atoms with Gasteiger partial charge in [-0.25, -0.2) is 4.79 Å². The Kier molecular flexibility index (Phi) is 3.72. The number of nitrogens with one attached hydrogen (secondary N) is 1. The topological polar surface area (TPSA) is 90.6 Å². The highest BCUT2D eigenvalue weighted by atomic mass is 19.4. The number of H-pyrrole nitrogens is 1. The number of nitrogens with zero attached hydrogens (tertiary/aromatic N) is 5. The monoisotopic (exact) mass is 318 g/mol. The van der Waals surface area contributed by atoms with Gasteiger partial charge in [0.05, 0.1) is 18.8 Å². The van der Waals surface area contributed by atoms with E-state index >= 15 is 0 Å². The normalized spacial score (nSPS) is 17.0. The molecule has 0 aromatic carbocycles. The fraction of sp³-hybridized carbons (Fsp3) is 0.636. The smallest absolute Gasteiger partial charge is 0.381 e. The zero-order valence-electron chi connectivity index (χ0n) is 11.4. The number of aromatic nitrogens is 6. The Balaban J connectivity index is 1.84. The van der Waals surface area contributed by atoms with Gasteiger partial charge in [-0.1, -0.05) is 0 Å². The van der Waals surface area contributed by atoms with Crippen LogP contribution in [-0.4, -0.2) is 43.2 Å². The van der Waals surface area contributed by atoms with Crippen LogP contribution < -0.4 is 5.69 Å². The van der Waals surface area contributed by atoms with E-state index in [1.54, 1.807) is 0 Å². The fourth-order valence-corrected chi connectivity index (χ4v) is 2.38. The van der Waals surface area contributed by atoms with Crippen molar-refractivity contribution in [2.75, 3.05) is 13.2 Å². The number of hydrogen-bond donors (Lipinski definition) is 1. The van der Waals surface area contributed by atoms with Gasteiger partial charge < -0.3 is 4.74 Å². The van der Waals surface area contributed by atoms with Gasteiger partial charge in [0.1, 0.15) is 5.69 Å². The molecule has 1 N–H and O–H groups in total. The summed E-state index contributed by atoms with van der Waals surface area (Å²) in [7, 11) is 0. The highest BCUT2D eigenvalue weighted by molar-refractivity contribution is 5.19. The molecule has 1 aliphatic rings. The Morgan fingerprint density at radius 2 is 2.05 bits per heavy atom. The molecule has 2 aromatic heterocycles. The molecule has 8 nitrogen and oxygen atoms in total. The molecule has 0 saturated carbocycles. The Bertz CT molecular complexity index is 697. The first-order valence-electron chi connectivity index (χ1n) is 6.66. The maximum Gasteiger partial charge on any atom is 0.433 e. The van der Waals surface area contributed by atoms with Crippen LogP contribution in [0.4, 0.5) is 13.2 Å². The Hall–Kier alpha value is -2.17. The molecular formula is C11H13F3N6O2. The van der Waals surface area contributed by atoms with Gasteiger partial charge in [0, 0.05) is 18.8 Å². The molecule has 1 fully saturated rings. The first-order valence-corrected chi connectivity index (χ1v) is 6.66. The van der Waals surface area contributed by atoms with E-state index in [-0.39, 0.29) is 18.2 Å². The van der Waals surface area contributed by atoms with Crippen molar-refractivity contribution in [3.63, 3.8) is 0 Å². The lowest BCUT2D eigenvalue weighted by atomic mass is 10.1. The number of aromatic amines is 1. The summed E-state index contributed by atoms with van der Waals surface area (Å²) in [4.78, 5) is 12.2. The van der Waals surface area contributed by atoms with Crippen LogP contribution in [0.2, 0.25) is 0 Å². The second-order valence-electron chi connectivity index (χ2n) is 4.98. The Morgan fingerprint density at radius 1 is 1.32 bits per heavy atom. The van der Waals surface area contributed by atoms with Crippen molar-refractivity contribution in [3.05, 3.63) is 27.9 Å². The summed E-state index contributed by atoms with van der Waals surface area (Å²) in [5.41, 5.74) is -1.69. The van der Waals surface area contributed by atoms with Crippen LogP contribution in [0.25, 0.3) is 0 Å². The number of alkyl halides is 3. The van der Waals surface area contributed by atoms with E-state index in [4.69, 9.17) is 4.74 Å². The van der Waals surface area contributed by atoms with E-state index in [0.717, 1.165) is 10.9 Å². The lowest BCUT2D eigenvalue weighted by molar-refractivity contribution is -0.141. The molecule has 22 heavy (non-hydrogen) atoms. The molecule has 0 amide bonds. The molecule has 0 spiro atoms. The van der Waals surface area contributed by atoms with Crippen molar-refractivity contribution >= 4 is 0 Å². The van der Waals surface area contributed by atoms with Crippen molar-refractivity contribution in [2.45, 2.75) is 31.6 Å². The summed E-state index contributed by atoms with van der Waals surface area (Å²) < 4.78 is 45.6. The van der Waals surface area contributed by atoms with E-state index < -0.39 is 17.6 Å². The summed E-state index contributed by atoms with van der Waals surface area (Å²) in [6, 6.07) is -0.138. The standard InChI is InChI=1S/C11H13F3N6O2/c12-11(13,14)9-7(5-15-16-9)6-19-10(21)20(18-17-19)8-1-3-22-4-2-8/h5,8H,1-4,6H2,(H,15,16). The fourth-order valence-electron chi connectivity index (χ4n) is 2.38. The van der Waals surface area contributed by atoms with Gasteiger partial charge in [0.2, 0.25) is 0 Å². The maximum absolute atomic E-state index is 12.8. The molecular weight excluding hydrogens is 305 g/mol. The van der Waals surface area contributed by atoms with Crippen molar-refractivity contribution in [3.8, 4) is 0 Å². The van der Waals surface area contributed by atoms with Gasteiger partial charge in [-0.2, -0.15) is 27.6 Å². The van der Waals surface area contributed by atoms with Gasteiger partial charge in [0.25, 0.3) is 0 Å². The Morgan fingerprint density at radius 3 is 2.73 bits per heavy atom. The molecule has 0 aliphatic carbocycles. The predicted octanol–water partition coefficient (Wildman–Crippen LogP) is 0.581. The lowest BCUT2D eigenvalue weighted by Gasteiger charge is -2.20. The summed E-state index contributed by atoms with van der Waals surface area (Å²) in [6.07, 6.45) is -2.29. The van der Waals surface area contributed by atoms with Crippen LogP contribution >= 0.6 is 0 Å². The zero-order valence-corrected chi connectivity index (χ0v) is 11.4. The van der Waals surface area contributed by atoms with Gasteiger partial charge in [0.15, 0.2) is 0 Å². The zero-order chi connectivity index (χ0) is 15.7. The first kappa shape index (κ1) is 14.8. The van der Waals surface area contributed by atoms with Crippen LogP contribution in [0.15, 0.2) is 11.0 Å². The van der Waals surface area contributed by atoms with E-state index in [0.29, 0.717) is 26.1 Å². The van der Waals surface area contributed by atoms with E-state index in [1.807, 2.05) is 5.10 Å². The lowest BCUT2D eigenvalue weighted by Crippen LogP contribution is -2.32. The average molecular weight is 318 g/mol. The molecule has 120 valence electrons. The number of tetrazole rings is 1. The molecule has 2 aromatic rings. The summed E-state index contributed by atoms with van der Waals surface area (Å²) in [6.45, 7) is 0.696. The highest BCUT2D eigenvalue weighted by Crippen LogP contribution is 2.30.